The molecule has 0 fully saturated rings. The van der Waals surface area contributed by atoms with E-state index in [2.05, 4.69) is 6.92 Å². The minimum Gasteiger partial charge on any atom is -0.425 e. The van der Waals surface area contributed by atoms with Crippen LogP contribution < -0.4 is 20.9 Å². The maximum atomic E-state index is 12.5. The lowest BCUT2D eigenvalue weighted by atomic mass is 9.74. The summed E-state index contributed by atoms with van der Waals surface area (Å²) in [5.41, 5.74) is 14.0. The molecule has 1 aromatic carbocycles. The average Bonchev–Trinajstić information content (AvgIpc) is 2.73. The van der Waals surface area contributed by atoms with E-state index in [-0.39, 0.29) is 23.2 Å². The quantitative estimate of drug-likeness (QED) is 0.236. The summed E-state index contributed by atoms with van der Waals surface area (Å²) in [5.74, 6) is -1.32. The normalized spacial score (nSPS) is 19.9. The van der Waals surface area contributed by atoms with Gasteiger partial charge in [-0.2, -0.15) is 0 Å². The molecule has 1 aliphatic carbocycles. The summed E-state index contributed by atoms with van der Waals surface area (Å²) in [6, 6.07) is 1.96. The Bertz CT molecular complexity index is 861. The van der Waals surface area contributed by atoms with Crippen molar-refractivity contribution < 1.29 is 23.9 Å². The number of rotatable bonds is 10. The van der Waals surface area contributed by atoms with Crippen LogP contribution in [-0.4, -0.2) is 29.8 Å². The second kappa shape index (κ2) is 12.1. The van der Waals surface area contributed by atoms with Crippen LogP contribution >= 0.6 is 0 Å². The Morgan fingerprint density at radius 3 is 2.03 bits per heavy atom. The molecular formula is C26H38N2O5. The van der Waals surface area contributed by atoms with E-state index in [4.69, 9.17) is 20.9 Å². The van der Waals surface area contributed by atoms with Crippen molar-refractivity contribution in [2.75, 3.05) is 0 Å². The van der Waals surface area contributed by atoms with Gasteiger partial charge in [-0.15, -0.1) is 0 Å². The minimum atomic E-state index is -0.830. The molecule has 2 unspecified atom stereocenters. The van der Waals surface area contributed by atoms with Gasteiger partial charge in [0.2, 0.25) is 0 Å². The molecule has 0 spiro atoms. The summed E-state index contributed by atoms with van der Waals surface area (Å²) >= 11 is 0. The van der Waals surface area contributed by atoms with Gasteiger partial charge in [-0.3, -0.25) is 4.79 Å². The molecule has 4 N–H and O–H groups in total. The monoisotopic (exact) mass is 458 g/mol. The van der Waals surface area contributed by atoms with E-state index < -0.39 is 29.9 Å². The molecule has 0 amide bonds. The fourth-order valence-electron chi connectivity index (χ4n) is 4.09. The molecular weight excluding hydrogens is 420 g/mol. The fraction of sp³-hybridized carbons (Fsp3) is 0.577. The van der Waals surface area contributed by atoms with Crippen molar-refractivity contribution in [1.82, 2.24) is 0 Å². The minimum absolute atomic E-state index is 0.0321. The molecule has 0 bridgehead atoms. The predicted molar refractivity (Wildman–Crippen MR) is 128 cm³/mol. The van der Waals surface area contributed by atoms with Gasteiger partial charge in [0.15, 0.2) is 0 Å². The van der Waals surface area contributed by atoms with Crippen LogP contribution in [0.5, 0.6) is 11.5 Å². The van der Waals surface area contributed by atoms with Crippen LogP contribution in [0, 0.1) is 5.92 Å². The SMILES string of the molecule is CCCCCc1cc(OC(=O)[C@H](C)N)c(C2C=C(C)CCC2C(C)=O)c(OC(=O)[C@H](C)N)c1. The number of Topliss-reactive ketones (excluding diaryl/α,β-unsaturated/α-hetero) is 1. The van der Waals surface area contributed by atoms with Crippen molar-refractivity contribution in [3.05, 3.63) is 34.9 Å². The Balaban J connectivity index is 2.71. The van der Waals surface area contributed by atoms with Gasteiger partial charge in [0.1, 0.15) is 29.4 Å². The fourth-order valence-corrected chi connectivity index (χ4v) is 4.09. The lowest BCUT2D eigenvalue weighted by molar-refractivity contribution is -0.135. The van der Waals surface area contributed by atoms with E-state index in [9.17, 15) is 14.4 Å². The van der Waals surface area contributed by atoms with Crippen LogP contribution in [0.1, 0.15) is 83.8 Å². The number of ketones is 1. The van der Waals surface area contributed by atoms with E-state index in [1.807, 2.05) is 25.1 Å². The largest absolute Gasteiger partial charge is 0.425 e. The molecule has 0 saturated carbocycles. The molecule has 33 heavy (non-hydrogen) atoms. The number of allylic oxidation sites excluding steroid dienone is 2. The van der Waals surface area contributed by atoms with Crippen LogP contribution in [0.3, 0.4) is 0 Å². The molecule has 0 radical (unpaired) electrons. The molecule has 0 aliphatic heterocycles. The molecule has 4 atom stereocenters. The van der Waals surface area contributed by atoms with Crippen LogP contribution in [0.2, 0.25) is 0 Å². The molecule has 1 aliphatic rings. The zero-order valence-corrected chi connectivity index (χ0v) is 20.5. The third-order valence-corrected chi connectivity index (χ3v) is 6.00. The smallest absolute Gasteiger partial charge is 0.328 e. The van der Waals surface area contributed by atoms with Gasteiger partial charge in [-0.25, -0.2) is 9.59 Å². The number of aryl methyl sites for hydroxylation is 1. The number of esters is 2. The highest BCUT2D eigenvalue weighted by molar-refractivity contribution is 5.83. The summed E-state index contributed by atoms with van der Waals surface area (Å²) in [6.07, 6.45) is 7.26. The first-order valence-electron chi connectivity index (χ1n) is 11.8. The van der Waals surface area contributed by atoms with Gasteiger partial charge in [0, 0.05) is 17.4 Å². The Morgan fingerprint density at radius 2 is 1.58 bits per heavy atom. The predicted octanol–water partition coefficient (Wildman–Crippen LogP) is 3.95. The average molecular weight is 459 g/mol. The van der Waals surface area contributed by atoms with Crippen molar-refractivity contribution in [2.45, 2.75) is 91.1 Å². The van der Waals surface area contributed by atoms with E-state index in [1.165, 1.54) is 0 Å². The topological polar surface area (TPSA) is 122 Å². The van der Waals surface area contributed by atoms with Crippen molar-refractivity contribution >= 4 is 17.7 Å². The third kappa shape index (κ3) is 7.24. The number of carbonyl (C=O) groups is 3. The molecule has 7 nitrogen and oxygen atoms in total. The molecule has 0 saturated heterocycles. The van der Waals surface area contributed by atoms with Crippen LogP contribution in [-0.2, 0) is 20.8 Å². The van der Waals surface area contributed by atoms with Crippen LogP contribution in [0.4, 0.5) is 0 Å². The highest BCUT2D eigenvalue weighted by atomic mass is 16.5. The maximum Gasteiger partial charge on any atom is 0.328 e. The first kappa shape index (κ1) is 26.7. The Hall–Kier alpha value is -2.51. The van der Waals surface area contributed by atoms with Gasteiger partial charge >= 0.3 is 11.9 Å². The standard InChI is InChI=1S/C26H38N2O5/c1-6-7-8-9-19-13-22(32-25(30)16(3)27)24(23(14-19)33-26(31)17(4)28)21-12-15(2)10-11-20(21)18(5)29/h12-14,16-17,20-21H,6-11,27-28H2,1-5H3/t16-,17-,20?,21?/m0/s1. The number of benzene rings is 1. The van der Waals surface area contributed by atoms with Gasteiger partial charge in [0.25, 0.3) is 0 Å². The summed E-state index contributed by atoms with van der Waals surface area (Å²) in [5, 5.41) is 0. The van der Waals surface area contributed by atoms with Crippen LogP contribution in [0.15, 0.2) is 23.8 Å². The zero-order chi connectivity index (χ0) is 24.7. The number of nitrogens with two attached hydrogens (primary N) is 2. The van der Waals surface area contributed by atoms with Crippen molar-refractivity contribution in [1.29, 1.82) is 0 Å². The maximum absolute atomic E-state index is 12.5. The lowest BCUT2D eigenvalue weighted by Crippen LogP contribution is -2.33. The lowest BCUT2D eigenvalue weighted by Gasteiger charge is -2.31. The zero-order valence-electron chi connectivity index (χ0n) is 20.5. The van der Waals surface area contributed by atoms with Crippen molar-refractivity contribution in [2.24, 2.45) is 17.4 Å². The molecule has 182 valence electrons. The summed E-state index contributed by atoms with van der Waals surface area (Å²) in [4.78, 5) is 37.5. The number of ether oxygens (including phenoxy) is 2. The number of unbranched alkanes of at least 4 members (excludes halogenated alkanes) is 2. The van der Waals surface area contributed by atoms with E-state index in [0.717, 1.165) is 43.2 Å². The first-order valence-corrected chi connectivity index (χ1v) is 11.8. The summed E-state index contributed by atoms with van der Waals surface area (Å²) < 4.78 is 11.5. The van der Waals surface area contributed by atoms with Gasteiger partial charge in [-0.05, 0) is 71.1 Å². The van der Waals surface area contributed by atoms with Gasteiger partial charge in [-0.1, -0.05) is 31.4 Å². The van der Waals surface area contributed by atoms with Crippen molar-refractivity contribution in [3.63, 3.8) is 0 Å². The summed E-state index contributed by atoms with van der Waals surface area (Å²) in [7, 11) is 0. The van der Waals surface area contributed by atoms with E-state index >= 15 is 0 Å². The van der Waals surface area contributed by atoms with Crippen LogP contribution in [0.25, 0.3) is 0 Å². The number of hydrogen-bond donors (Lipinski definition) is 2. The molecule has 0 aromatic heterocycles. The molecule has 0 heterocycles. The second-order valence-electron chi connectivity index (χ2n) is 9.18. The molecule has 1 aromatic rings. The Morgan fingerprint density at radius 1 is 1.03 bits per heavy atom. The second-order valence-corrected chi connectivity index (χ2v) is 9.18. The Kier molecular flexibility index (Phi) is 9.80. The molecule has 2 rings (SSSR count). The molecule has 7 heteroatoms. The highest BCUT2D eigenvalue weighted by Crippen LogP contribution is 2.46. The number of carbonyl (C=O) groups excluding carboxylic acids is 3. The van der Waals surface area contributed by atoms with E-state index in [1.54, 1.807) is 20.8 Å². The van der Waals surface area contributed by atoms with E-state index in [0.29, 0.717) is 12.0 Å². The number of hydrogen-bond acceptors (Lipinski definition) is 7. The van der Waals surface area contributed by atoms with Gasteiger partial charge < -0.3 is 20.9 Å². The van der Waals surface area contributed by atoms with Crippen molar-refractivity contribution in [3.8, 4) is 11.5 Å². The Labute approximate surface area is 196 Å². The van der Waals surface area contributed by atoms with Gasteiger partial charge in [0.05, 0.1) is 0 Å². The first-order chi connectivity index (χ1) is 15.5. The third-order valence-electron chi connectivity index (χ3n) is 6.00. The highest BCUT2D eigenvalue weighted by Gasteiger charge is 2.34. The summed E-state index contributed by atoms with van der Waals surface area (Å²) in [6.45, 7) is 8.78.